The maximum absolute atomic E-state index is 11.8. The van der Waals surface area contributed by atoms with E-state index in [1.54, 1.807) is 37.6 Å². The number of nitrogens with zero attached hydrogens (tertiary/aromatic N) is 1. The lowest BCUT2D eigenvalue weighted by Gasteiger charge is -2.13. The molecule has 0 radical (unpaired) electrons. The number of carbonyl (C=O) groups excluding carboxylic acids is 1. The second-order valence-electron chi connectivity index (χ2n) is 4.55. The molecule has 0 spiro atoms. The normalized spacial score (nSPS) is 10.3. The Bertz CT molecular complexity index is 625. The van der Waals surface area contributed by atoms with Crippen LogP contribution in [-0.2, 0) is 6.54 Å². The van der Waals surface area contributed by atoms with Crippen LogP contribution in [0.4, 0.5) is 11.4 Å². The molecule has 20 heavy (non-hydrogen) atoms. The highest BCUT2D eigenvalue weighted by molar-refractivity contribution is 9.10. The molecular formula is C14H16BrN3OS. The number of nitrogen functional groups attached to an aromatic ring is 1. The molecule has 0 saturated carbocycles. The van der Waals surface area contributed by atoms with Gasteiger partial charge in [0.05, 0.1) is 17.9 Å². The van der Waals surface area contributed by atoms with Crippen LogP contribution in [0.3, 0.4) is 0 Å². The largest absolute Gasteiger partial charge is 0.397 e. The predicted molar refractivity (Wildman–Crippen MR) is 88.2 cm³/mol. The van der Waals surface area contributed by atoms with E-state index in [1.165, 1.54) is 9.78 Å². The van der Waals surface area contributed by atoms with Gasteiger partial charge in [-0.05, 0) is 45.6 Å². The van der Waals surface area contributed by atoms with Crippen LogP contribution in [0.15, 0.2) is 34.1 Å². The third-order valence-corrected chi connectivity index (χ3v) is 4.76. The lowest BCUT2D eigenvalue weighted by molar-refractivity contribution is 0.0827. The molecule has 1 heterocycles. The fourth-order valence-electron chi connectivity index (χ4n) is 1.74. The highest BCUT2D eigenvalue weighted by Gasteiger charge is 2.10. The molecule has 4 nitrogen and oxygen atoms in total. The van der Waals surface area contributed by atoms with Gasteiger partial charge in [0, 0.05) is 29.0 Å². The molecule has 1 aromatic carbocycles. The molecule has 0 aliphatic carbocycles. The number of benzene rings is 1. The predicted octanol–water partition coefficient (Wildman–Crippen LogP) is 3.41. The van der Waals surface area contributed by atoms with Crippen molar-refractivity contribution in [2.45, 2.75) is 6.54 Å². The first kappa shape index (κ1) is 14.9. The number of thiophene rings is 1. The molecule has 0 unspecified atom stereocenters. The van der Waals surface area contributed by atoms with Crippen LogP contribution in [0.5, 0.6) is 0 Å². The van der Waals surface area contributed by atoms with E-state index in [0.717, 1.165) is 10.2 Å². The summed E-state index contributed by atoms with van der Waals surface area (Å²) in [5.74, 6) is -0.0516. The first-order chi connectivity index (χ1) is 9.49. The Kier molecular flexibility index (Phi) is 4.67. The minimum atomic E-state index is -0.0516. The van der Waals surface area contributed by atoms with Gasteiger partial charge in [0.2, 0.25) is 0 Å². The zero-order valence-electron chi connectivity index (χ0n) is 11.3. The van der Waals surface area contributed by atoms with Crippen LogP contribution in [0.2, 0.25) is 0 Å². The van der Waals surface area contributed by atoms with Crippen molar-refractivity contribution in [3.63, 3.8) is 0 Å². The number of halogens is 1. The molecule has 0 fully saturated rings. The summed E-state index contributed by atoms with van der Waals surface area (Å²) in [4.78, 5) is 14.6. The number of rotatable bonds is 4. The summed E-state index contributed by atoms with van der Waals surface area (Å²) in [6.45, 7) is 0.698. The third-order valence-electron chi connectivity index (χ3n) is 2.84. The Hall–Kier alpha value is -1.53. The summed E-state index contributed by atoms with van der Waals surface area (Å²) in [6, 6.07) is 7.34. The van der Waals surface area contributed by atoms with Gasteiger partial charge in [0.25, 0.3) is 5.91 Å². The molecule has 2 aromatic rings. The van der Waals surface area contributed by atoms with Crippen molar-refractivity contribution < 1.29 is 4.79 Å². The lowest BCUT2D eigenvalue weighted by atomic mass is 10.1. The van der Waals surface area contributed by atoms with E-state index in [-0.39, 0.29) is 5.91 Å². The van der Waals surface area contributed by atoms with Crippen LogP contribution >= 0.6 is 27.3 Å². The topological polar surface area (TPSA) is 58.4 Å². The van der Waals surface area contributed by atoms with Crippen molar-refractivity contribution in [1.82, 2.24) is 4.90 Å². The number of hydrogen-bond donors (Lipinski definition) is 2. The minimum absolute atomic E-state index is 0.0516. The second kappa shape index (κ2) is 6.28. The Labute approximate surface area is 130 Å². The highest BCUT2D eigenvalue weighted by Crippen LogP contribution is 2.26. The summed E-state index contributed by atoms with van der Waals surface area (Å²) in [5, 5.41) is 5.31. The third kappa shape index (κ3) is 3.32. The SMILES string of the molecule is CN(C)C(=O)c1ccc(NCc2sccc2Br)c(N)c1. The molecule has 1 aromatic heterocycles. The van der Waals surface area contributed by atoms with Gasteiger partial charge in [-0.1, -0.05) is 0 Å². The molecule has 0 bridgehead atoms. The molecule has 3 N–H and O–H groups in total. The minimum Gasteiger partial charge on any atom is -0.397 e. The van der Waals surface area contributed by atoms with Crippen LogP contribution < -0.4 is 11.1 Å². The second-order valence-corrected chi connectivity index (χ2v) is 6.40. The summed E-state index contributed by atoms with van der Waals surface area (Å²) in [7, 11) is 3.44. The van der Waals surface area contributed by atoms with Crippen molar-refractivity contribution >= 4 is 44.5 Å². The summed E-state index contributed by atoms with van der Waals surface area (Å²) >= 11 is 5.17. The zero-order chi connectivity index (χ0) is 14.7. The van der Waals surface area contributed by atoms with E-state index in [0.29, 0.717) is 17.8 Å². The summed E-state index contributed by atoms with van der Waals surface area (Å²) in [5.41, 5.74) is 8.00. The molecule has 2 rings (SSSR count). The number of nitrogens with one attached hydrogen (secondary N) is 1. The number of hydrogen-bond acceptors (Lipinski definition) is 4. The Morgan fingerprint density at radius 3 is 2.70 bits per heavy atom. The smallest absolute Gasteiger partial charge is 0.253 e. The molecule has 0 aliphatic rings. The van der Waals surface area contributed by atoms with Crippen molar-refractivity contribution in [3.8, 4) is 0 Å². The lowest BCUT2D eigenvalue weighted by Crippen LogP contribution is -2.21. The number of carbonyl (C=O) groups is 1. The number of amides is 1. The summed E-state index contributed by atoms with van der Waals surface area (Å²) < 4.78 is 1.09. The van der Waals surface area contributed by atoms with Gasteiger partial charge in [-0.25, -0.2) is 0 Å². The Balaban J connectivity index is 2.10. The average Bonchev–Trinajstić information content (AvgIpc) is 2.82. The van der Waals surface area contributed by atoms with Gasteiger partial charge >= 0.3 is 0 Å². The van der Waals surface area contributed by atoms with E-state index < -0.39 is 0 Å². The van der Waals surface area contributed by atoms with Crippen LogP contribution in [0.1, 0.15) is 15.2 Å². The van der Waals surface area contributed by atoms with Gasteiger partial charge in [0.15, 0.2) is 0 Å². The zero-order valence-corrected chi connectivity index (χ0v) is 13.7. The van der Waals surface area contributed by atoms with Crippen molar-refractivity contribution in [2.75, 3.05) is 25.1 Å². The maximum Gasteiger partial charge on any atom is 0.253 e. The highest BCUT2D eigenvalue weighted by atomic mass is 79.9. The van der Waals surface area contributed by atoms with E-state index in [2.05, 4.69) is 21.2 Å². The molecule has 0 saturated heterocycles. The Morgan fingerprint density at radius 2 is 2.15 bits per heavy atom. The summed E-state index contributed by atoms with van der Waals surface area (Å²) in [6.07, 6.45) is 0. The molecule has 106 valence electrons. The van der Waals surface area contributed by atoms with Crippen molar-refractivity contribution in [1.29, 1.82) is 0 Å². The van der Waals surface area contributed by atoms with Gasteiger partial charge in [0.1, 0.15) is 0 Å². The quantitative estimate of drug-likeness (QED) is 0.828. The first-order valence-electron chi connectivity index (χ1n) is 6.06. The van der Waals surface area contributed by atoms with E-state index in [4.69, 9.17) is 5.73 Å². The maximum atomic E-state index is 11.8. The van der Waals surface area contributed by atoms with Crippen molar-refractivity contribution in [3.05, 3.63) is 44.6 Å². The molecule has 6 heteroatoms. The number of anilines is 2. The van der Waals surface area contributed by atoms with Gasteiger partial charge in [-0.2, -0.15) is 0 Å². The van der Waals surface area contributed by atoms with Gasteiger partial charge in [-0.3, -0.25) is 4.79 Å². The monoisotopic (exact) mass is 353 g/mol. The fraction of sp³-hybridized carbons (Fsp3) is 0.214. The van der Waals surface area contributed by atoms with Gasteiger partial charge in [-0.15, -0.1) is 11.3 Å². The standard InChI is InChI=1S/C14H16BrN3OS/c1-18(2)14(19)9-3-4-12(11(16)7-9)17-8-13-10(15)5-6-20-13/h3-7,17H,8,16H2,1-2H3. The van der Waals surface area contributed by atoms with E-state index in [9.17, 15) is 4.79 Å². The molecule has 1 amide bonds. The number of nitrogens with two attached hydrogens (primary N) is 1. The molecular weight excluding hydrogens is 338 g/mol. The Morgan fingerprint density at radius 1 is 1.40 bits per heavy atom. The van der Waals surface area contributed by atoms with Gasteiger partial charge < -0.3 is 16.0 Å². The van der Waals surface area contributed by atoms with E-state index >= 15 is 0 Å². The van der Waals surface area contributed by atoms with Crippen LogP contribution in [0.25, 0.3) is 0 Å². The first-order valence-corrected chi connectivity index (χ1v) is 7.73. The fourth-order valence-corrected chi connectivity index (χ4v) is 3.17. The molecule has 0 aliphatic heterocycles. The van der Waals surface area contributed by atoms with E-state index in [1.807, 2.05) is 17.5 Å². The van der Waals surface area contributed by atoms with Crippen LogP contribution in [-0.4, -0.2) is 24.9 Å². The van der Waals surface area contributed by atoms with Crippen LogP contribution in [0, 0.1) is 0 Å². The average molecular weight is 354 g/mol. The van der Waals surface area contributed by atoms with Crippen molar-refractivity contribution in [2.24, 2.45) is 0 Å². The molecule has 0 atom stereocenters.